The third-order valence-electron chi connectivity index (χ3n) is 4.50. The number of nitrogens with one attached hydrogen (secondary N) is 2. The van der Waals surface area contributed by atoms with Crippen LogP contribution in [0, 0.1) is 5.92 Å². The lowest BCUT2D eigenvalue weighted by molar-refractivity contribution is -0.126. The highest BCUT2D eigenvalue weighted by Gasteiger charge is 2.28. The van der Waals surface area contributed by atoms with Gasteiger partial charge in [-0.3, -0.25) is 9.59 Å². The van der Waals surface area contributed by atoms with E-state index in [1.54, 1.807) is 18.2 Å². The Labute approximate surface area is 145 Å². The second-order valence-electron chi connectivity index (χ2n) is 6.20. The van der Waals surface area contributed by atoms with Gasteiger partial charge in [0, 0.05) is 24.4 Å². The Morgan fingerprint density at radius 1 is 1.28 bits per heavy atom. The molecule has 1 saturated heterocycles. The Bertz CT molecular complexity index is 946. The quantitative estimate of drug-likeness (QED) is 0.805. The Hall–Kier alpha value is -2.26. The average Bonchev–Trinajstić information content (AvgIpc) is 2.60. The smallest absolute Gasteiger partial charge is 0.272 e. The number of fused-ring (bicyclic) bond motifs is 1. The molecule has 2 N–H and O–H groups in total. The van der Waals surface area contributed by atoms with Gasteiger partial charge in [-0.15, -0.1) is 0 Å². The van der Waals surface area contributed by atoms with Crippen molar-refractivity contribution < 1.29 is 13.2 Å². The van der Waals surface area contributed by atoms with Crippen LogP contribution < -0.4 is 10.9 Å². The molecule has 2 heterocycles. The summed E-state index contributed by atoms with van der Waals surface area (Å²) in [7, 11) is -3.20. The number of amides is 1. The zero-order chi connectivity index (χ0) is 18.0. The summed E-state index contributed by atoms with van der Waals surface area (Å²) >= 11 is 0. The predicted molar refractivity (Wildman–Crippen MR) is 93.4 cm³/mol. The van der Waals surface area contributed by atoms with E-state index >= 15 is 0 Å². The molecule has 0 bridgehead atoms. The molecule has 3 rings (SSSR count). The molecule has 2 aromatic rings. The average molecular weight is 364 g/mol. The van der Waals surface area contributed by atoms with Gasteiger partial charge in [-0.2, -0.15) is 5.10 Å². The van der Waals surface area contributed by atoms with Gasteiger partial charge in [0.05, 0.1) is 23.9 Å². The van der Waals surface area contributed by atoms with Gasteiger partial charge in [-0.25, -0.2) is 17.8 Å². The number of aromatic nitrogens is 2. The molecule has 8 nitrogen and oxygen atoms in total. The van der Waals surface area contributed by atoms with E-state index in [2.05, 4.69) is 15.5 Å². The molecule has 1 aliphatic heterocycles. The maximum Gasteiger partial charge on any atom is 0.272 e. The van der Waals surface area contributed by atoms with Crippen LogP contribution in [0.4, 0.5) is 0 Å². The third-order valence-corrected chi connectivity index (χ3v) is 5.80. The van der Waals surface area contributed by atoms with Crippen molar-refractivity contribution in [2.75, 3.05) is 19.3 Å². The number of sulfonamides is 1. The number of benzene rings is 1. The van der Waals surface area contributed by atoms with Crippen molar-refractivity contribution in [1.82, 2.24) is 19.8 Å². The molecular formula is C16H20N4O4S. The second-order valence-corrected chi connectivity index (χ2v) is 8.18. The number of carbonyl (C=O) groups is 1. The van der Waals surface area contributed by atoms with Gasteiger partial charge in [0.25, 0.3) is 5.56 Å². The predicted octanol–water partition coefficient (Wildman–Crippen LogP) is 0.211. The summed E-state index contributed by atoms with van der Waals surface area (Å²) in [5, 5.41) is 10.5. The molecular weight excluding hydrogens is 344 g/mol. The van der Waals surface area contributed by atoms with E-state index in [4.69, 9.17) is 0 Å². The molecule has 0 spiro atoms. The Morgan fingerprint density at radius 2 is 1.92 bits per heavy atom. The summed E-state index contributed by atoms with van der Waals surface area (Å²) < 4.78 is 24.4. The molecule has 0 atom stereocenters. The van der Waals surface area contributed by atoms with Crippen LogP contribution in [0.3, 0.4) is 0 Å². The fourth-order valence-electron chi connectivity index (χ4n) is 3.07. The molecule has 0 unspecified atom stereocenters. The topological polar surface area (TPSA) is 112 Å². The summed E-state index contributed by atoms with van der Waals surface area (Å²) in [5.74, 6) is -0.336. The first-order valence-corrected chi connectivity index (χ1v) is 9.90. The van der Waals surface area contributed by atoms with Crippen LogP contribution >= 0.6 is 0 Å². The fourth-order valence-corrected chi connectivity index (χ4v) is 3.95. The van der Waals surface area contributed by atoms with Gasteiger partial charge in [-0.1, -0.05) is 18.2 Å². The van der Waals surface area contributed by atoms with Gasteiger partial charge in [-0.05, 0) is 18.9 Å². The van der Waals surface area contributed by atoms with E-state index in [0.29, 0.717) is 42.4 Å². The first-order chi connectivity index (χ1) is 11.9. The molecule has 1 aromatic heterocycles. The van der Waals surface area contributed by atoms with Crippen LogP contribution in [-0.2, 0) is 21.4 Å². The van der Waals surface area contributed by atoms with E-state index in [1.165, 1.54) is 10.6 Å². The molecule has 9 heteroatoms. The summed E-state index contributed by atoms with van der Waals surface area (Å²) in [6, 6.07) is 7.09. The molecule has 0 radical (unpaired) electrons. The Balaban J connectivity index is 1.64. The molecule has 1 aromatic carbocycles. The van der Waals surface area contributed by atoms with Crippen LogP contribution in [0.1, 0.15) is 18.5 Å². The van der Waals surface area contributed by atoms with Crippen LogP contribution in [-0.4, -0.2) is 48.2 Å². The zero-order valence-electron chi connectivity index (χ0n) is 13.9. The number of hydrogen-bond acceptors (Lipinski definition) is 5. The lowest BCUT2D eigenvalue weighted by Crippen LogP contribution is -2.42. The number of H-pyrrole nitrogens is 1. The number of piperidine rings is 1. The minimum atomic E-state index is -3.20. The zero-order valence-corrected chi connectivity index (χ0v) is 14.7. The van der Waals surface area contributed by atoms with Crippen molar-refractivity contribution in [2.24, 2.45) is 5.92 Å². The first kappa shape index (κ1) is 17.6. The van der Waals surface area contributed by atoms with Crippen LogP contribution in [0.25, 0.3) is 10.8 Å². The fraction of sp³-hybridized carbons (Fsp3) is 0.438. The van der Waals surface area contributed by atoms with Crippen molar-refractivity contribution in [3.63, 3.8) is 0 Å². The van der Waals surface area contributed by atoms with Gasteiger partial charge in [0.15, 0.2) is 0 Å². The molecule has 25 heavy (non-hydrogen) atoms. The summed E-state index contributed by atoms with van der Waals surface area (Å²) in [6.45, 7) is 0.927. The van der Waals surface area contributed by atoms with Crippen molar-refractivity contribution in [1.29, 1.82) is 0 Å². The maximum atomic E-state index is 12.4. The molecule has 1 amide bonds. The van der Waals surface area contributed by atoms with E-state index < -0.39 is 10.0 Å². The highest BCUT2D eigenvalue weighted by atomic mass is 32.2. The van der Waals surface area contributed by atoms with Gasteiger partial charge >= 0.3 is 0 Å². The first-order valence-electron chi connectivity index (χ1n) is 8.05. The van der Waals surface area contributed by atoms with Crippen molar-refractivity contribution in [3.8, 4) is 0 Å². The lowest BCUT2D eigenvalue weighted by atomic mass is 9.97. The van der Waals surface area contributed by atoms with Gasteiger partial charge in [0.1, 0.15) is 0 Å². The van der Waals surface area contributed by atoms with Gasteiger partial charge < -0.3 is 5.32 Å². The number of nitrogens with zero attached hydrogens (tertiary/aromatic N) is 2. The summed E-state index contributed by atoms with van der Waals surface area (Å²) in [4.78, 5) is 24.1. The molecule has 0 aliphatic carbocycles. The largest absolute Gasteiger partial charge is 0.350 e. The lowest BCUT2D eigenvalue weighted by Gasteiger charge is -2.29. The molecule has 0 saturated carbocycles. The molecule has 1 aliphatic rings. The summed E-state index contributed by atoms with van der Waals surface area (Å²) in [5.41, 5.74) is 0.330. The van der Waals surface area contributed by atoms with Crippen LogP contribution in [0.2, 0.25) is 0 Å². The minimum absolute atomic E-state index is 0.120. The standard InChI is InChI=1S/C16H20N4O4S/c1-25(23,24)20-8-6-11(7-9-20)15(21)17-10-14-12-4-2-3-5-13(12)16(22)19-18-14/h2-5,11H,6-10H2,1H3,(H,17,21)(H,19,22). The molecule has 134 valence electrons. The monoisotopic (exact) mass is 364 g/mol. The van der Waals surface area contributed by atoms with Crippen molar-refractivity contribution in [3.05, 3.63) is 40.3 Å². The van der Waals surface area contributed by atoms with E-state index in [1.807, 2.05) is 6.07 Å². The van der Waals surface area contributed by atoms with Crippen molar-refractivity contribution >= 4 is 26.7 Å². The maximum absolute atomic E-state index is 12.4. The number of hydrogen-bond donors (Lipinski definition) is 2. The number of carbonyl (C=O) groups excluding carboxylic acids is 1. The Morgan fingerprint density at radius 3 is 2.56 bits per heavy atom. The van der Waals surface area contributed by atoms with E-state index in [9.17, 15) is 18.0 Å². The van der Waals surface area contributed by atoms with Crippen LogP contribution in [0.5, 0.6) is 0 Å². The van der Waals surface area contributed by atoms with E-state index in [-0.39, 0.29) is 23.9 Å². The van der Waals surface area contributed by atoms with Crippen LogP contribution in [0.15, 0.2) is 29.1 Å². The highest BCUT2D eigenvalue weighted by Crippen LogP contribution is 2.19. The number of aromatic amines is 1. The van der Waals surface area contributed by atoms with Crippen molar-refractivity contribution in [2.45, 2.75) is 19.4 Å². The summed E-state index contributed by atoms with van der Waals surface area (Å²) in [6.07, 6.45) is 2.18. The van der Waals surface area contributed by atoms with Gasteiger partial charge in [0.2, 0.25) is 15.9 Å². The third kappa shape index (κ3) is 3.88. The molecule has 1 fully saturated rings. The normalized spacial score (nSPS) is 16.8. The Kier molecular flexibility index (Phi) is 4.87. The minimum Gasteiger partial charge on any atom is -0.350 e. The number of rotatable bonds is 4. The SMILES string of the molecule is CS(=O)(=O)N1CCC(C(=O)NCc2n[nH]c(=O)c3ccccc23)CC1. The second kappa shape index (κ2) is 6.93. The highest BCUT2D eigenvalue weighted by molar-refractivity contribution is 7.88. The van der Waals surface area contributed by atoms with E-state index in [0.717, 1.165) is 0 Å².